The standard InChI is InChI=1S/C64H115O11P/c1-4-7-10-13-16-19-22-25-27-29-30-32-34-37-40-43-46-49-52-55-64(68)75-61(57-71-62(66)53-50-47-44-41-38-36-33-31-28-26-23-20-17-14-11-8-5-2)59-73-76(69,70)72-58-60(56-65)74-63(67)54-51-48-45-42-39-35-24-21-18-15-12-9-6-3/h16-17,19-20,25-28,30,32,60-61,65H,4-15,18,21-24,29,31,33-59H2,1-3H3,(H,69,70)/b19-16-,20-17-,27-25-,28-26-,32-30-. The summed E-state index contributed by atoms with van der Waals surface area (Å²) in [6, 6.07) is 0. The fourth-order valence-electron chi connectivity index (χ4n) is 8.63. The Balaban J connectivity index is 4.74. The molecule has 3 atom stereocenters. The Bertz CT molecular complexity index is 1510. The quantitative estimate of drug-likeness (QED) is 0.0197. The molecule has 11 nitrogen and oxygen atoms in total. The summed E-state index contributed by atoms with van der Waals surface area (Å²) in [6.45, 7) is 4.61. The van der Waals surface area contributed by atoms with E-state index in [1.807, 2.05) is 0 Å². The Morgan fingerprint density at radius 3 is 1.01 bits per heavy atom. The number of esters is 3. The second kappa shape index (κ2) is 58.3. The van der Waals surface area contributed by atoms with E-state index >= 15 is 0 Å². The summed E-state index contributed by atoms with van der Waals surface area (Å²) >= 11 is 0. The molecule has 0 aromatic carbocycles. The summed E-state index contributed by atoms with van der Waals surface area (Å²) in [6.07, 6.45) is 64.5. The van der Waals surface area contributed by atoms with Crippen LogP contribution in [0.3, 0.4) is 0 Å². The Hall–Kier alpha value is -2.82. The highest BCUT2D eigenvalue weighted by Gasteiger charge is 2.28. The van der Waals surface area contributed by atoms with Crippen molar-refractivity contribution in [3.8, 4) is 0 Å². The predicted molar refractivity (Wildman–Crippen MR) is 316 cm³/mol. The van der Waals surface area contributed by atoms with Gasteiger partial charge in [0.25, 0.3) is 0 Å². The molecule has 0 fully saturated rings. The molecule has 0 aliphatic heterocycles. The molecule has 442 valence electrons. The smallest absolute Gasteiger partial charge is 0.462 e. The summed E-state index contributed by atoms with van der Waals surface area (Å²) in [4.78, 5) is 48.7. The third-order valence-electron chi connectivity index (χ3n) is 13.4. The number of unbranched alkanes of at least 4 members (excludes halogenated alkanes) is 31. The lowest BCUT2D eigenvalue weighted by Gasteiger charge is -2.21. The van der Waals surface area contributed by atoms with Crippen molar-refractivity contribution in [1.82, 2.24) is 0 Å². The van der Waals surface area contributed by atoms with Crippen LogP contribution in [0.25, 0.3) is 0 Å². The van der Waals surface area contributed by atoms with Crippen molar-refractivity contribution in [1.29, 1.82) is 0 Å². The van der Waals surface area contributed by atoms with Gasteiger partial charge in [0.1, 0.15) is 12.7 Å². The van der Waals surface area contributed by atoms with Crippen LogP contribution in [0.2, 0.25) is 0 Å². The van der Waals surface area contributed by atoms with Crippen LogP contribution < -0.4 is 0 Å². The van der Waals surface area contributed by atoms with Crippen molar-refractivity contribution in [3.05, 3.63) is 60.8 Å². The minimum absolute atomic E-state index is 0.152. The van der Waals surface area contributed by atoms with Crippen LogP contribution in [0.4, 0.5) is 0 Å². The molecule has 0 aromatic rings. The fourth-order valence-corrected chi connectivity index (χ4v) is 9.41. The maximum Gasteiger partial charge on any atom is 0.472 e. The monoisotopic (exact) mass is 1090 g/mol. The zero-order valence-corrected chi connectivity index (χ0v) is 49.9. The zero-order chi connectivity index (χ0) is 55.5. The first kappa shape index (κ1) is 73.2. The Kier molecular flexibility index (Phi) is 56.2. The van der Waals surface area contributed by atoms with Gasteiger partial charge in [-0.15, -0.1) is 0 Å². The summed E-state index contributed by atoms with van der Waals surface area (Å²) in [5.74, 6) is -1.47. The van der Waals surface area contributed by atoms with Crippen LogP contribution in [0.1, 0.15) is 290 Å². The van der Waals surface area contributed by atoms with Crippen LogP contribution >= 0.6 is 7.82 Å². The van der Waals surface area contributed by atoms with E-state index < -0.39 is 57.8 Å². The molecule has 0 bridgehead atoms. The number of ether oxygens (including phenoxy) is 3. The van der Waals surface area contributed by atoms with Gasteiger partial charge in [-0.3, -0.25) is 23.4 Å². The van der Waals surface area contributed by atoms with Gasteiger partial charge in [0, 0.05) is 19.3 Å². The number of aliphatic hydroxyl groups excluding tert-OH is 1. The van der Waals surface area contributed by atoms with Crippen LogP contribution in [-0.2, 0) is 42.2 Å². The number of phosphoric acid groups is 1. The largest absolute Gasteiger partial charge is 0.472 e. The average Bonchev–Trinajstić information content (AvgIpc) is 3.41. The highest BCUT2D eigenvalue weighted by Crippen LogP contribution is 2.43. The van der Waals surface area contributed by atoms with Gasteiger partial charge in [-0.25, -0.2) is 4.57 Å². The lowest BCUT2D eigenvalue weighted by Crippen LogP contribution is -2.30. The Labute approximate surface area is 465 Å². The van der Waals surface area contributed by atoms with Crippen molar-refractivity contribution in [2.24, 2.45) is 0 Å². The molecule has 0 amide bonds. The summed E-state index contributed by atoms with van der Waals surface area (Å²) < 4.78 is 39.6. The van der Waals surface area contributed by atoms with Crippen molar-refractivity contribution >= 4 is 25.7 Å². The lowest BCUT2D eigenvalue weighted by molar-refractivity contribution is -0.161. The predicted octanol–water partition coefficient (Wildman–Crippen LogP) is 18.7. The van der Waals surface area contributed by atoms with Gasteiger partial charge in [-0.2, -0.15) is 0 Å². The number of hydrogen-bond donors (Lipinski definition) is 2. The van der Waals surface area contributed by atoms with Gasteiger partial charge in [0.05, 0.1) is 19.8 Å². The molecular formula is C64H115O11P. The van der Waals surface area contributed by atoms with Crippen LogP contribution in [0.15, 0.2) is 60.8 Å². The molecule has 0 aliphatic carbocycles. The average molecular weight is 1090 g/mol. The minimum atomic E-state index is -4.75. The van der Waals surface area contributed by atoms with Crippen molar-refractivity contribution in [2.75, 3.05) is 26.4 Å². The Morgan fingerprint density at radius 2 is 0.645 bits per heavy atom. The molecule has 76 heavy (non-hydrogen) atoms. The number of rotatable bonds is 58. The molecule has 0 saturated heterocycles. The lowest BCUT2D eigenvalue weighted by atomic mass is 10.0. The molecule has 0 heterocycles. The maximum atomic E-state index is 12.9. The van der Waals surface area contributed by atoms with Crippen LogP contribution in [-0.4, -0.2) is 66.5 Å². The molecule has 2 N–H and O–H groups in total. The van der Waals surface area contributed by atoms with E-state index in [-0.39, 0.29) is 25.9 Å². The summed E-state index contributed by atoms with van der Waals surface area (Å²) in [5.41, 5.74) is 0. The zero-order valence-electron chi connectivity index (χ0n) is 49.0. The number of allylic oxidation sites excluding steroid dienone is 10. The SMILES string of the molecule is CCCCC/C=C\C/C=C\C/C=C\CCCCCCCCC(=O)OC(COC(=O)CCCCCCCCC/C=C\C/C=C\CCCCC)COP(=O)(O)OCC(CO)OC(=O)CCCCCCCCCCCCCCC. The fraction of sp³-hybridized carbons (Fsp3) is 0.797. The third kappa shape index (κ3) is 55.9. The van der Waals surface area contributed by atoms with Gasteiger partial charge in [-0.05, 0) is 89.9 Å². The second-order valence-electron chi connectivity index (χ2n) is 20.9. The maximum absolute atomic E-state index is 12.9. The first-order chi connectivity index (χ1) is 37.2. The Morgan fingerprint density at radius 1 is 0.368 bits per heavy atom. The molecule has 0 aromatic heterocycles. The number of phosphoric ester groups is 1. The molecule has 0 spiro atoms. The molecule has 0 saturated carbocycles. The minimum Gasteiger partial charge on any atom is -0.462 e. The van der Waals surface area contributed by atoms with E-state index in [1.54, 1.807) is 0 Å². The molecule has 3 unspecified atom stereocenters. The molecule has 0 radical (unpaired) electrons. The third-order valence-corrected chi connectivity index (χ3v) is 14.4. The van der Waals surface area contributed by atoms with Gasteiger partial charge in [0.15, 0.2) is 6.10 Å². The number of carbonyl (C=O) groups excluding carboxylic acids is 3. The normalized spacial score (nSPS) is 13.7. The molecule has 0 rings (SSSR count). The number of hydrogen-bond acceptors (Lipinski definition) is 10. The van der Waals surface area contributed by atoms with Gasteiger partial charge >= 0.3 is 25.7 Å². The number of aliphatic hydroxyl groups is 1. The van der Waals surface area contributed by atoms with Crippen LogP contribution in [0.5, 0.6) is 0 Å². The topological polar surface area (TPSA) is 155 Å². The van der Waals surface area contributed by atoms with E-state index in [0.717, 1.165) is 103 Å². The van der Waals surface area contributed by atoms with Gasteiger partial charge in [0.2, 0.25) is 0 Å². The van der Waals surface area contributed by atoms with Crippen LogP contribution in [0, 0.1) is 0 Å². The van der Waals surface area contributed by atoms with E-state index in [0.29, 0.717) is 19.3 Å². The summed E-state index contributed by atoms with van der Waals surface area (Å²) in [5, 5.41) is 9.83. The molecule has 0 aliphatic rings. The van der Waals surface area contributed by atoms with E-state index in [2.05, 4.69) is 81.5 Å². The van der Waals surface area contributed by atoms with Crippen molar-refractivity contribution < 1.29 is 52.2 Å². The van der Waals surface area contributed by atoms with E-state index in [1.165, 1.54) is 128 Å². The van der Waals surface area contributed by atoms with Crippen molar-refractivity contribution in [3.63, 3.8) is 0 Å². The van der Waals surface area contributed by atoms with Gasteiger partial charge in [-0.1, -0.05) is 242 Å². The highest BCUT2D eigenvalue weighted by molar-refractivity contribution is 7.47. The van der Waals surface area contributed by atoms with Gasteiger partial charge < -0.3 is 24.2 Å². The summed E-state index contributed by atoms with van der Waals surface area (Å²) in [7, 11) is -4.75. The van der Waals surface area contributed by atoms with E-state index in [9.17, 15) is 28.9 Å². The second-order valence-corrected chi connectivity index (χ2v) is 22.3. The first-order valence-corrected chi connectivity index (χ1v) is 32.7. The number of carbonyl (C=O) groups is 3. The first-order valence-electron chi connectivity index (χ1n) is 31.2. The van der Waals surface area contributed by atoms with E-state index in [4.69, 9.17) is 23.3 Å². The molecular weight excluding hydrogens is 976 g/mol. The highest BCUT2D eigenvalue weighted by atomic mass is 31.2. The van der Waals surface area contributed by atoms with Crippen molar-refractivity contribution in [2.45, 2.75) is 303 Å². The molecule has 12 heteroatoms.